The lowest BCUT2D eigenvalue weighted by Gasteiger charge is -2.54. The molecule has 1 heterocycles. The zero-order chi connectivity index (χ0) is 24.7. The molecule has 5 nitrogen and oxygen atoms in total. The maximum absolute atomic E-state index is 13.7. The van der Waals surface area contributed by atoms with Crippen molar-refractivity contribution in [2.24, 2.45) is 11.8 Å². The van der Waals surface area contributed by atoms with Gasteiger partial charge in [-0.2, -0.15) is 0 Å². The smallest absolute Gasteiger partial charge is 0.244 e. The van der Waals surface area contributed by atoms with Gasteiger partial charge in [0, 0.05) is 10.2 Å². The summed E-state index contributed by atoms with van der Waals surface area (Å²) in [7, 11) is 0. The highest BCUT2D eigenvalue weighted by molar-refractivity contribution is 9.10. The van der Waals surface area contributed by atoms with E-state index >= 15 is 0 Å². The summed E-state index contributed by atoms with van der Waals surface area (Å²) in [4.78, 5) is 38.8. The number of rotatable bonds is 3. The van der Waals surface area contributed by atoms with Crippen molar-refractivity contribution in [3.05, 3.63) is 98.5 Å². The number of carbonyl (C=O) groups is 3. The van der Waals surface area contributed by atoms with Crippen LogP contribution in [0.5, 0.6) is 0 Å². The lowest BCUT2D eigenvalue weighted by molar-refractivity contribution is -0.142. The van der Waals surface area contributed by atoms with E-state index < -0.39 is 45.9 Å². The van der Waals surface area contributed by atoms with Crippen molar-refractivity contribution in [3.8, 4) is 0 Å². The topological polar surface area (TPSA) is 66.5 Å². The minimum atomic E-state index is -1.27. The minimum absolute atomic E-state index is 0.419. The number of benzene rings is 3. The standard InChI is InChI=1S/C26H16BrCl3N2O3/c27-18-10-9-13(11-19(18)28)31-20(33)12-32-23(34)21-22(24(32)35)26(30)15-6-2-1-5-14(15)25(21,29)16-7-3-4-8-17(16)26/h1-11,21-22H,12H2,(H,31,33)/t21-,22+,25?,26?. The number of alkyl halides is 2. The normalized spacial score (nSPS) is 27.9. The first-order chi connectivity index (χ1) is 16.7. The van der Waals surface area contributed by atoms with Crippen LogP contribution in [-0.4, -0.2) is 29.2 Å². The molecule has 3 aliphatic carbocycles. The molecule has 3 aromatic carbocycles. The van der Waals surface area contributed by atoms with E-state index in [0.29, 0.717) is 37.4 Å². The molecule has 2 atom stereocenters. The number of carbonyl (C=O) groups excluding carboxylic acids is 3. The molecule has 2 bridgehead atoms. The fraction of sp³-hybridized carbons (Fsp3) is 0.192. The zero-order valence-electron chi connectivity index (χ0n) is 17.9. The molecule has 3 aromatic rings. The van der Waals surface area contributed by atoms with Crippen molar-refractivity contribution in [2.75, 3.05) is 11.9 Å². The van der Waals surface area contributed by atoms with Crippen LogP contribution in [0.4, 0.5) is 5.69 Å². The van der Waals surface area contributed by atoms with Crippen molar-refractivity contribution in [1.29, 1.82) is 0 Å². The van der Waals surface area contributed by atoms with Gasteiger partial charge in [-0.3, -0.25) is 19.3 Å². The summed E-state index contributed by atoms with van der Waals surface area (Å²) >= 11 is 24.1. The maximum Gasteiger partial charge on any atom is 0.244 e. The second kappa shape index (κ2) is 7.81. The Balaban J connectivity index is 1.40. The number of nitrogens with one attached hydrogen (secondary N) is 1. The number of hydrogen-bond acceptors (Lipinski definition) is 3. The number of halogens is 4. The van der Waals surface area contributed by atoms with Crippen molar-refractivity contribution < 1.29 is 14.4 Å². The second-order valence-electron chi connectivity index (χ2n) is 8.91. The van der Waals surface area contributed by atoms with Crippen molar-refractivity contribution in [3.63, 3.8) is 0 Å². The highest BCUT2D eigenvalue weighted by Gasteiger charge is 2.73. The van der Waals surface area contributed by atoms with Crippen molar-refractivity contribution >= 4 is 74.1 Å². The van der Waals surface area contributed by atoms with Crippen LogP contribution < -0.4 is 5.32 Å². The van der Waals surface area contributed by atoms with Crippen LogP contribution in [0.25, 0.3) is 0 Å². The SMILES string of the molecule is O=C(CN1C(=O)[C@@H]2[C@H](C1=O)C1(Cl)c3ccccc3C2(Cl)c2ccccc21)Nc1ccc(Br)c(Cl)c1. The first-order valence-corrected chi connectivity index (χ1v) is 12.8. The molecule has 1 saturated heterocycles. The molecule has 4 aliphatic rings. The van der Waals surface area contributed by atoms with E-state index in [1.54, 1.807) is 18.2 Å². The van der Waals surface area contributed by atoms with Gasteiger partial charge in [-0.25, -0.2) is 0 Å². The third kappa shape index (κ3) is 2.97. The fourth-order valence-electron chi connectivity index (χ4n) is 5.80. The van der Waals surface area contributed by atoms with Crippen molar-refractivity contribution in [1.82, 2.24) is 4.90 Å². The summed E-state index contributed by atoms with van der Waals surface area (Å²) in [6.07, 6.45) is 0. The van der Waals surface area contributed by atoms with Crippen LogP contribution in [0.3, 0.4) is 0 Å². The van der Waals surface area contributed by atoms with Crippen LogP contribution in [0.2, 0.25) is 5.02 Å². The van der Waals surface area contributed by atoms with Crippen LogP contribution in [0.15, 0.2) is 71.2 Å². The molecule has 1 aliphatic heterocycles. The molecule has 3 amide bonds. The van der Waals surface area contributed by atoms with Gasteiger partial charge in [0.1, 0.15) is 16.3 Å². The van der Waals surface area contributed by atoms with E-state index in [0.717, 1.165) is 4.90 Å². The Morgan fingerprint density at radius 1 is 0.857 bits per heavy atom. The van der Waals surface area contributed by atoms with Gasteiger partial charge in [0.05, 0.1) is 16.9 Å². The van der Waals surface area contributed by atoms with E-state index in [-0.39, 0.29) is 0 Å². The van der Waals surface area contributed by atoms with Gasteiger partial charge >= 0.3 is 0 Å². The molecular formula is C26H16BrCl3N2O3. The zero-order valence-corrected chi connectivity index (χ0v) is 21.8. The summed E-state index contributed by atoms with van der Waals surface area (Å²) in [6, 6.07) is 19.7. The van der Waals surface area contributed by atoms with Gasteiger partial charge < -0.3 is 5.32 Å². The predicted molar refractivity (Wildman–Crippen MR) is 138 cm³/mol. The molecule has 0 spiro atoms. The summed E-state index contributed by atoms with van der Waals surface area (Å²) in [5, 5.41) is 3.11. The third-order valence-electron chi connectivity index (χ3n) is 7.18. The number of anilines is 1. The molecule has 35 heavy (non-hydrogen) atoms. The summed E-state index contributed by atoms with van der Waals surface area (Å²) < 4.78 is 0.681. The highest BCUT2D eigenvalue weighted by Crippen LogP contribution is 2.69. The molecule has 0 saturated carbocycles. The minimum Gasteiger partial charge on any atom is -0.324 e. The fourth-order valence-corrected chi connectivity index (χ4v) is 7.32. The largest absolute Gasteiger partial charge is 0.324 e. The molecule has 176 valence electrons. The van der Waals surface area contributed by atoms with Gasteiger partial charge in [-0.15, -0.1) is 23.2 Å². The average molecular weight is 591 g/mol. The van der Waals surface area contributed by atoms with Gasteiger partial charge in [0.15, 0.2) is 0 Å². The molecule has 0 radical (unpaired) electrons. The van der Waals surface area contributed by atoms with Crippen LogP contribution in [0.1, 0.15) is 22.3 Å². The van der Waals surface area contributed by atoms with Gasteiger partial charge in [0.25, 0.3) is 0 Å². The third-order valence-corrected chi connectivity index (χ3v) is 9.70. The van der Waals surface area contributed by atoms with Crippen LogP contribution in [0, 0.1) is 11.8 Å². The van der Waals surface area contributed by atoms with Crippen LogP contribution in [-0.2, 0) is 24.1 Å². The summed E-state index contributed by atoms with van der Waals surface area (Å²) in [5.74, 6) is -3.41. The number of likely N-dealkylation sites (tertiary alicyclic amines) is 1. The molecule has 7 rings (SSSR count). The van der Waals surface area contributed by atoms with E-state index in [4.69, 9.17) is 34.8 Å². The van der Waals surface area contributed by atoms with E-state index in [1.807, 2.05) is 48.5 Å². The highest BCUT2D eigenvalue weighted by atomic mass is 79.9. The second-order valence-corrected chi connectivity index (χ2v) is 11.4. The van der Waals surface area contributed by atoms with E-state index in [2.05, 4.69) is 21.2 Å². The lowest BCUT2D eigenvalue weighted by Crippen LogP contribution is -2.57. The van der Waals surface area contributed by atoms with Crippen LogP contribution >= 0.6 is 50.7 Å². The van der Waals surface area contributed by atoms with Crippen molar-refractivity contribution in [2.45, 2.75) is 9.75 Å². The Morgan fingerprint density at radius 2 is 1.31 bits per heavy atom. The summed E-state index contributed by atoms with van der Waals surface area (Å²) in [6.45, 7) is -0.453. The van der Waals surface area contributed by atoms with E-state index in [1.165, 1.54) is 0 Å². The monoisotopic (exact) mass is 588 g/mol. The molecule has 0 aromatic heterocycles. The Hall–Kier alpha value is -2.38. The van der Waals surface area contributed by atoms with Gasteiger partial charge in [-0.1, -0.05) is 60.1 Å². The first kappa shape index (κ1) is 23.0. The van der Waals surface area contributed by atoms with Gasteiger partial charge in [0.2, 0.25) is 17.7 Å². The maximum atomic E-state index is 13.7. The molecule has 1 N–H and O–H groups in total. The Kier molecular flexibility index (Phi) is 5.14. The lowest BCUT2D eigenvalue weighted by atomic mass is 9.54. The molecular weight excluding hydrogens is 575 g/mol. The van der Waals surface area contributed by atoms with Gasteiger partial charge in [-0.05, 0) is 56.4 Å². The Morgan fingerprint density at radius 3 is 1.74 bits per heavy atom. The molecule has 1 fully saturated rings. The molecule has 9 heteroatoms. The van der Waals surface area contributed by atoms with E-state index in [9.17, 15) is 14.4 Å². The first-order valence-electron chi connectivity index (χ1n) is 10.9. The number of nitrogens with zero attached hydrogens (tertiary/aromatic N) is 1. The average Bonchev–Trinajstić information content (AvgIpc) is 3.10. The molecule has 0 unspecified atom stereocenters. The Bertz CT molecular complexity index is 1340. The Labute approximate surface area is 224 Å². The predicted octanol–water partition coefficient (Wildman–Crippen LogP) is 5.63. The number of imide groups is 1. The quantitative estimate of drug-likeness (QED) is 0.318. The number of hydrogen-bond donors (Lipinski definition) is 1. The summed E-state index contributed by atoms with van der Waals surface area (Å²) in [5.41, 5.74) is 3.31. The number of amides is 3.